The Hall–Kier alpha value is -1.40. The standard InChI is InChI=1S/C19H20BrClN2O2/c20-15-3-1-14(2-4-15)18-13-23(11-12-25-18)10-9-19(24)22-17-7-5-16(21)6-8-17/h1-8,18H,9-13H2,(H,22,24). The third-order valence-electron chi connectivity index (χ3n) is 4.18. The highest BCUT2D eigenvalue weighted by molar-refractivity contribution is 9.10. The summed E-state index contributed by atoms with van der Waals surface area (Å²) in [5.41, 5.74) is 1.93. The molecule has 6 heteroatoms. The minimum Gasteiger partial charge on any atom is -0.371 e. The summed E-state index contributed by atoms with van der Waals surface area (Å²) in [6.07, 6.45) is 0.511. The molecular weight excluding hydrogens is 404 g/mol. The molecule has 3 rings (SSSR count). The Kier molecular flexibility index (Phi) is 6.48. The van der Waals surface area contributed by atoms with Gasteiger partial charge in [0.2, 0.25) is 5.91 Å². The van der Waals surface area contributed by atoms with E-state index in [4.69, 9.17) is 16.3 Å². The Bertz CT molecular complexity index is 706. The first-order valence-electron chi connectivity index (χ1n) is 8.25. The van der Waals surface area contributed by atoms with Gasteiger partial charge in [0.1, 0.15) is 0 Å². The molecule has 1 atom stereocenters. The van der Waals surface area contributed by atoms with Crippen LogP contribution in [0, 0.1) is 0 Å². The minimum atomic E-state index is 0.00834. The summed E-state index contributed by atoms with van der Waals surface area (Å²) < 4.78 is 6.94. The lowest BCUT2D eigenvalue weighted by Gasteiger charge is -2.33. The zero-order chi connectivity index (χ0) is 17.6. The third-order valence-corrected chi connectivity index (χ3v) is 4.96. The van der Waals surface area contributed by atoms with E-state index in [9.17, 15) is 4.79 Å². The van der Waals surface area contributed by atoms with Crippen LogP contribution in [0.3, 0.4) is 0 Å². The number of halogens is 2. The van der Waals surface area contributed by atoms with Gasteiger partial charge in [-0.1, -0.05) is 39.7 Å². The average Bonchev–Trinajstić information content (AvgIpc) is 2.63. The smallest absolute Gasteiger partial charge is 0.225 e. The predicted molar refractivity (Wildman–Crippen MR) is 104 cm³/mol. The van der Waals surface area contributed by atoms with E-state index in [-0.39, 0.29) is 12.0 Å². The number of carbonyl (C=O) groups is 1. The van der Waals surface area contributed by atoms with Crippen molar-refractivity contribution in [2.24, 2.45) is 0 Å². The monoisotopic (exact) mass is 422 g/mol. The van der Waals surface area contributed by atoms with Crippen LogP contribution >= 0.6 is 27.5 Å². The first-order valence-corrected chi connectivity index (χ1v) is 9.42. The fraction of sp³-hybridized carbons (Fsp3) is 0.316. The average molecular weight is 424 g/mol. The zero-order valence-electron chi connectivity index (χ0n) is 13.8. The Morgan fingerprint density at radius 3 is 2.64 bits per heavy atom. The van der Waals surface area contributed by atoms with E-state index in [0.717, 1.165) is 29.8 Å². The van der Waals surface area contributed by atoms with Crippen LogP contribution in [-0.2, 0) is 9.53 Å². The molecule has 0 spiro atoms. The fourth-order valence-electron chi connectivity index (χ4n) is 2.80. The van der Waals surface area contributed by atoms with Crippen molar-refractivity contribution < 1.29 is 9.53 Å². The number of nitrogens with zero attached hydrogens (tertiary/aromatic N) is 1. The van der Waals surface area contributed by atoms with Gasteiger partial charge in [-0.2, -0.15) is 0 Å². The summed E-state index contributed by atoms with van der Waals surface area (Å²) in [4.78, 5) is 14.4. The van der Waals surface area contributed by atoms with E-state index in [1.54, 1.807) is 24.3 Å². The molecule has 1 heterocycles. The number of anilines is 1. The number of benzene rings is 2. The lowest BCUT2D eigenvalue weighted by molar-refractivity contribution is -0.117. The second-order valence-corrected chi connectivity index (χ2v) is 7.37. The van der Waals surface area contributed by atoms with Gasteiger partial charge in [0.05, 0.1) is 12.7 Å². The van der Waals surface area contributed by atoms with Gasteiger partial charge in [-0.3, -0.25) is 9.69 Å². The molecule has 132 valence electrons. The lowest BCUT2D eigenvalue weighted by Crippen LogP contribution is -2.39. The Labute approximate surface area is 161 Å². The SMILES string of the molecule is O=C(CCN1CCOC(c2ccc(Br)cc2)C1)Nc1ccc(Cl)cc1. The normalized spacial score (nSPS) is 18.1. The summed E-state index contributed by atoms with van der Waals surface area (Å²) in [7, 11) is 0. The molecule has 1 amide bonds. The van der Waals surface area contributed by atoms with Crippen molar-refractivity contribution in [3.63, 3.8) is 0 Å². The number of ether oxygens (including phenoxy) is 1. The molecule has 2 aromatic rings. The van der Waals surface area contributed by atoms with Gasteiger partial charge >= 0.3 is 0 Å². The summed E-state index contributed by atoms with van der Waals surface area (Å²) >= 11 is 9.30. The highest BCUT2D eigenvalue weighted by Gasteiger charge is 2.22. The number of rotatable bonds is 5. The lowest BCUT2D eigenvalue weighted by atomic mass is 10.1. The molecule has 0 radical (unpaired) electrons. The molecule has 1 aliphatic heterocycles. The molecule has 25 heavy (non-hydrogen) atoms. The molecule has 1 N–H and O–H groups in total. The van der Waals surface area contributed by atoms with Crippen LogP contribution in [0.25, 0.3) is 0 Å². The van der Waals surface area contributed by atoms with Crippen LogP contribution in [0.1, 0.15) is 18.1 Å². The van der Waals surface area contributed by atoms with Crippen LogP contribution in [0.15, 0.2) is 53.0 Å². The van der Waals surface area contributed by atoms with Gasteiger partial charge < -0.3 is 10.1 Å². The molecule has 1 saturated heterocycles. The molecule has 0 aliphatic carbocycles. The minimum absolute atomic E-state index is 0.00834. The van der Waals surface area contributed by atoms with E-state index in [2.05, 4.69) is 38.3 Å². The number of morpholine rings is 1. The largest absolute Gasteiger partial charge is 0.371 e. The molecular formula is C19H20BrClN2O2. The number of carbonyl (C=O) groups excluding carboxylic acids is 1. The van der Waals surface area contributed by atoms with Crippen molar-refractivity contribution in [3.05, 3.63) is 63.6 Å². The molecule has 4 nitrogen and oxygen atoms in total. The maximum Gasteiger partial charge on any atom is 0.225 e. The number of amides is 1. The van der Waals surface area contributed by atoms with E-state index in [0.29, 0.717) is 18.1 Å². The quantitative estimate of drug-likeness (QED) is 0.769. The van der Waals surface area contributed by atoms with Crippen molar-refractivity contribution in [3.8, 4) is 0 Å². The van der Waals surface area contributed by atoms with E-state index < -0.39 is 0 Å². The van der Waals surface area contributed by atoms with Gasteiger partial charge in [0, 0.05) is 41.2 Å². The molecule has 1 unspecified atom stereocenters. The van der Waals surface area contributed by atoms with Crippen LogP contribution in [-0.4, -0.2) is 37.0 Å². The van der Waals surface area contributed by atoms with Crippen LogP contribution in [0.2, 0.25) is 5.02 Å². The topological polar surface area (TPSA) is 41.6 Å². The number of hydrogen-bond donors (Lipinski definition) is 1. The highest BCUT2D eigenvalue weighted by atomic mass is 79.9. The fourth-order valence-corrected chi connectivity index (χ4v) is 3.19. The van der Waals surface area contributed by atoms with Gasteiger partial charge in [0.15, 0.2) is 0 Å². The van der Waals surface area contributed by atoms with Crippen LogP contribution < -0.4 is 5.32 Å². The first kappa shape index (κ1) is 18.4. The van der Waals surface area contributed by atoms with E-state index >= 15 is 0 Å². The van der Waals surface area contributed by atoms with E-state index in [1.165, 1.54) is 5.56 Å². The predicted octanol–water partition coefficient (Wildman–Crippen LogP) is 4.50. The highest BCUT2D eigenvalue weighted by Crippen LogP contribution is 2.24. The molecule has 0 aromatic heterocycles. The van der Waals surface area contributed by atoms with Crippen molar-refractivity contribution in [2.75, 3.05) is 31.6 Å². The van der Waals surface area contributed by atoms with Crippen molar-refractivity contribution in [1.29, 1.82) is 0 Å². The Balaban J connectivity index is 1.48. The summed E-state index contributed by atoms with van der Waals surface area (Å²) in [6.45, 7) is 3.05. The van der Waals surface area contributed by atoms with Crippen LogP contribution in [0.4, 0.5) is 5.69 Å². The maximum atomic E-state index is 12.1. The molecule has 1 aliphatic rings. The maximum absolute atomic E-state index is 12.1. The van der Waals surface area contributed by atoms with Gasteiger partial charge in [-0.05, 0) is 42.0 Å². The van der Waals surface area contributed by atoms with Crippen LogP contribution in [0.5, 0.6) is 0 Å². The van der Waals surface area contributed by atoms with Crippen molar-refractivity contribution >= 4 is 39.1 Å². The van der Waals surface area contributed by atoms with Crippen molar-refractivity contribution in [1.82, 2.24) is 4.90 Å². The van der Waals surface area contributed by atoms with Gasteiger partial charge in [0.25, 0.3) is 0 Å². The second kappa shape index (κ2) is 8.81. The number of nitrogens with one attached hydrogen (secondary N) is 1. The Morgan fingerprint density at radius 2 is 1.92 bits per heavy atom. The summed E-state index contributed by atoms with van der Waals surface area (Å²) in [5.74, 6) is 0.00834. The van der Waals surface area contributed by atoms with Gasteiger partial charge in [-0.15, -0.1) is 0 Å². The van der Waals surface area contributed by atoms with Gasteiger partial charge in [-0.25, -0.2) is 0 Å². The molecule has 0 bridgehead atoms. The second-order valence-electron chi connectivity index (χ2n) is 6.02. The Morgan fingerprint density at radius 1 is 1.20 bits per heavy atom. The number of hydrogen-bond acceptors (Lipinski definition) is 3. The summed E-state index contributed by atoms with van der Waals surface area (Å²) in [5, 5.41) is 3.55. The molecule has 0 saturated carbocycles. The van der Waals surface area contributed by atoms with Crippen molar-refractivity contribution in [2.45, 2.75) is 12.5 Å². The summed E-state index contributed by atoms with van der Waals surface area (Å²) in [6, 6.07) is 15.3. The zero-order valence-corrected chi connectivity index (χ0v) is 16.1. The van der Waals surface area contributed by atoms with E-state index in [1.807, 2.05) is 12.1 Å². The molecule has 1 fully saturated rings. The first-order chi connectivity index (χ1) is 12.1. The molecule has 2 aromatic carbocycles. The third kappa shape index (κ3) is 5.54.